The zero-order chi connectivity index (χ0) is 21.3. The Labute approximate surface area is 176 Å². The highest BCUT2D eigenvalue weighted by atomic mass is 32.2. The van der Waals surface area contributed by atoms with E-state index in [4.69, 9.17) is 14.2 Å². The molecule has 2 aromatic carbocycles. The molecule has 4 rings (SSSR count). The highest BCUT2D eigenvalue weighted by molar-refractivity contribution is 7.93. The number of thiazole rings is 1. The number of aromatic nitrogens is 1. The molecule has 1 aliphatic rings. The SMILES string of the molecule is COc1ccc2c(c1OC)C(=O)OC2Nc1ccc(S(=O)(=O)Nc2nccs2)cc1. The largest absolute Gasteiger partial charge is 0.493 e. The van der Waals surface area contributed by atoms with Crippen LogP contribution in [-0.2, 0) is 14.8 Å². The van der Waals surface area contributed by atoms with E-state index in [0.717, 1.165) is 0 Å². The van der Waals surface area contributed by atoms with E-state index in [9.17, 15) is 13.2 Å². The van der Waals surface area contributed by atoms with Crippen LogP contribution in [0.4, 0.5) is 10.8 Å². The summed E-state index contributed by atoms with van der Waals surface area (Å²) in [4.78, 5) is 16.4. The van der Waals surface area contributed by atoms with Crippen LogP contribution in [-0.4, -0.2) is 33.6 Å². The number of esters is 1. The first-order valence-electron chi connectivity index (χ1n) is 8.67. The van der Waals surface area contributed by atoms with Crippen LogP contribution in [0.15, 0.2) is 52.9 Å². The fourth-order valence-corrected chi connectivity index (χ4v) is 4.83. The monoisotopic (exact) mass is 447 g/mol. The van der Waals surface area contributed by atoms with Crippen molar-refractivity contribution in [1.82, 2.24) is 4.98 Å². The van der Waals surface area contributed by atoms with Crippen LogP contribution < -0.4 is 19.5 Å². The van der Waals surface area contributed by atoms with Gasteiger partial charge < -0.3 is 19.5 Å². The van der Waals surface area contributed by atoms with E-state index in [1.807, 2.05) is 0 Å². The van der Waals surface area contributed by atoms with Gasteiger partial charge in [0.15, 0.2) is 16.6 Å². The first-order chi connectivity index (χ1) is 14.4. The second kappa shape index (κ2) is 7.84. The summed E-state index contributed by atoms with van der Waals surface area (Å²) in [6, 6.07) is 9.48. The third-order valence-electron chi connectivity index (χ3n) is 4.41. The molecule has 0 saturated carbocycles. The van der Waals surface area contributed by atoms with Crippen molar-refractivity contribution in [3.05, 3.63) is 59.1 Å². The van der Waals surface area contributed by atoms with E-state index in [0.29, 0.717) is 28.3 Å². The van der Waals surface area contributed by atoms with Gasteiger partial charge in [-0.15, -0.1) is 11.3 Å². The Morgan fingerprint density at radius 3 is 2.50 bits per heavy atom. The van der Waals surface area contributed by atoms with Gasteiger partial charge in [0.25, 0.3) is 10.0 Å². The number of nitrogens with zero attached hydrogens (tertiary/aromatic N) is 1. The molecule has 0 aliphatic carbocycles. The predicted octanol–water partition coefficient (Wildman–Crippen LogP) is 3.24. The maximum absolute atomic E-state index is 12.4. The van der Waals surface area contributed by atoms with E-state index in [-0.39, 0.29) is 10.0 Å². The molecule has 0 amide bonds. The number of ether oxygens (including phenoxy) is 3. The zero-order valence-electron chi connectivity index (χ0n) is 15.9. The predicted molar refractivity (Wildman–Crippen MR) is 111 cm³/mol. The van der Waals surface area contributed by atoms with Crippen LogP contribution in [0.25, 0.3) is 0 Å². The smallest absolute Gasteiger partial charge is 0.344 e. The number of nitrogens with one attached hydrogen (secondary N) is 2. The van der Waals surface area contributed by atoms with Crippen LogP contribution in [0.1, 0.15) is 22.1 Å². The number of carbonyl (C=O) groups is 1. The summed E-state index contributed by atoms with van der Waals surface area (Å²) in [6.45, 7) is 0. The number of hydrogen-bond acceptors (Lipinski definition) is 9. The molecule has 0 spiro atoms. The number of rotatable bonds is 7. The van der Waals surface area contributed by atoms with Crippen LogP contribution in [0.5, 0.6) is 11.5 Å². The van der Waals surface area contributed by atoms with Gasteiger partial charge in [0, 0.05) is 22.8 Å². The number of hydrogen-bond donors (Lipinski definition) is 2. The minimum atomic E-state index is -3.75. The molecule has 0 fully saturated rings. The molecule has 0 radical (unpaired) electrons. The molecular weight excluding hydrogens is 430 g/mol. The van der Waals surface area contributed by atoms with Crippen molar-refractivity contribution in [2.45, 2.75) is 11.1 Å². The van der Waals surface area contributed by atoms with Crippen molar-refractivity contribution in [3.63, 3.8) is 0 Å². The van der Waals surface area contributed by atoms with Gasteiger partial charge in [0.2, 0.25) is 6.23 Å². The Kier molecular flexibility index (Phi) is 5.22. The number of methoxy groups -OCH3 is 2. The number of carbonyl (C=O) groups excluding carboxylic acids is 1. The summed E-state index contributed by atoms with van der Waals surface area (Å²) in [5.74, 6) is 0.195. The Bertz CT molecular complexity index is 1180. The molecule has 1 aliphatic heterocycles. The lowest BCUT2D eigenvalue weighted by Gasteiger charge is -2.15. The Morgan fingerprint density at radius 1 is 1.10 bits per heavy atom. The molecule has 11 heteroatoms. The highest BCUT2D eigenvalue weighted by Gasteiger charge is 2.35. The van der Waals surface area contributed by atoms with E-state index >= 15 is 0 Å². The molecule has 156 valence electrons. The van der Waals surface area contributed by atoms with Gasteiger partial charge in [0.1, 0.15) is 5.56 Å². The average Bonchev–Trinajstić information content (AvgIpc) is 3.35. The van der Waals surface area contributed by atoms with Crippen LogP contribution in [0.2, 0.25) is 0 Å². The van der Waals surface area contributed by atoms with Crippen molar-refractivity contribution in [2.75, 3.05) is 24.3 Å². The molecule has 9 nitrogen and oxygen atoms in total. The molecule has 1 atom stereocenters. The third-order valence-corrected chi connectivity index (χ3v) is 6.58. The fourth-order valence-electron chi connectivity index (χ4n) is 3.04. The number of fused-ring (bicyclic) bond motifs is 1. The molecule has 1 unspecified atom stereocenters. The minimum Gasteiger partial charge on any atom is -0.493 e. The van der Waals surface area contributed by atoms with Gasteiger partial charge in [-0.25, -0.2) is 18.2 Å². The van der Waals surface area contributed by atoms with Crippen molar-refractivity contribution in [2.24, 2.45) is 0 Å². The lowest BCUT2D eigenvalue weighted by atomic mass is 10.1. The molecule has 3 aromatic rings. The van der Waals surface area contributed by atoms with Gasteiger partial charge in [-0.2, -0.15) is 0 Å². The second-order valence-electron chi connectivity index (χ2n) is 6.16. The van der Waals surface area contributed by atoms with Gasteiger partial charge in [-0.3, -0.25) is 4.72 Å². The lowest BCUT2D eigenvalue weighted by molar-refractivity contribution is 0.0435. The van der Waals surface area contributed by atoms with E-state index in [1.54, 1.807) is 29.6 Å². The molecule has 0 bridgehead atoms. The summed E-state index contributed by atoms with van der Waals surface area (Å²) < 4.78 is 43.2. The fraction of sp³-hybridized carbons (Fsp3) is 0.158. The topological polar surface area (TPSA) is 116 Å². The highest BCUT2D eigenvalue weighted by Crippen LogP contribution is 2.42. The summed E-state index contributed by atoms with van der Waals surface area (Å²) in [6.07, 6.45) is 0.768. The van der Waals surface area contributed by atoms with Crippen LogP contribution in [0.3, 0.4) is 0 Å². The van der Waals surface area contributed by atoms with Crippen LogP contribution in [0, 0.1) is 0 Å². The third kappa shape index (κ3) is 3.64. The maximum Gasteiger partial charge on any atom is 0.344 e. The lowest BCUT2D eigenvalue weighted by Crippen LogP contribution is -2.13. The molecule has 0 saturated heterocycles. The number of benzene rings is 2. The van der Waals surface area contributed by atoms with E-state index < -0.39 is 22.2 Å². The van der Waals surface area contributed by atoms with Gasteiger partial charge in [-0.05, 0) is 36.4 Å². The normalized spacial score (nSPS) is 15.3. The number of sulfonamides is 1. The molecular formula is C19H17N3O6S2. The van der Waals surface area contributed by atoms with Crippen molar-refractivity contribution >= 4 is 38.1 Å². The van der Waals surface area contributed by atoms with Gasteiger partial charge in [0.05, 0.1) is 19.1 Å². The Balaban J connectivity index is 1.55. The first-order valence-corrected chi connectivity index (χ1v) is 11.0. The van der Waals surface area contributed by atoms with Crippen molar-refractivity contribution in [3.8, 4) is 11.5 Å². The van der Waals surface area contributed by atoms with Crippen LogP contribution >= 0.6 is 11.3 Å². The molecule has 1 aromatic heterocycles. The summed E-state index contributed by atoms with van der Waals surface area (Å²) in [7, 11) is -0.812. The Morgan fingerprint density at radius 2 is 1.87 bits per heavy atom. The van der Waals surface area contributed by atoms with Gasteiger partial charge in [-0.1, -0.05) is 0 Å². The van der Waals surface area contributed by atoms with Crippen molar-refractivity contribution in [1.29, 1.82) is 0 Å². The standard InChI is InChI=1S/C19H17N3O6S2/c1-26-14-8-7-13-15(16(14)27-2)18(23)28-17(13)21-11-3-5-12(6-4-11)30(24,25)22-19-20-9-10-29-19/h3-10,17,21H,1-2H3,(H,20,22). The van der Waals surface area contributed by atoms with E-state index in [2.05, 4.69) is 15.0 Å². The maximum atomic E-state index is 12.4. The van der Waals surface area contributed by atoms with Crippen molar-refractivity contribution < 1.29 is 27.4 Å². The second-order valence-corrected chi connectivity index (χ2v) is 8.74. The summed E-state index contributed by atoms with van der Waals surface area (Å²) in [5, 5.41) is 5.04. The summed E-state index contributed by atoms with van der Waals surface area (Å²) in [5.41, 5.74) is 1.46. The zero-order valence-corrected chi connectivity index (χ0v) is 17.5. The average molecular weight is 447 g/mol. The minimum absolute atomic E-state index is 0.0819. The molecule has 30 heavy (non-hydrogen) atoms. The van der Waals surface area contributed by atoms with E-state index in [1.165, 1.54) is 43.9 Å². The quantitative estimate of drug-likeness (QED) is 0.531. The molecule has 2 heterocycles. The first kappa shape index (κ1) is 20.0. The van der Waals surface area contributed by atoms with Gasteiger partial charge >= 0.3 is 5.97 Å². The Hall–Kier alpha value is -3.31. The summed E-state index contributed by atoms with van der Waals surface area (Å²) >= 11 is 1.19. The molecule has 2 N–H and O–H groups in total. The number of anilines is 2. The number of cyclic esters (lactones) is 1.